The molecule has 0 saturated carbocycles. The molecule has 3 aromatic heterocycles. The number of rotatable bonds is 4. The summed E-state index contributed by atoms with van der Waals surface area (Å²) in [5.74, 6) is -0.897. The Labute approximate surface area is 121 Å². The minimum absolute atomic E-state index is 0.0314. The number of amides is 1. The van der Waals surface area contributed by atoms with E-state index in [4.69, 9.17) is 14.0 Å². The molecule has 0 aromatic carbocycles. The molecule has 3 rings (SSSR count). The van der Waals surface area contributed by atoms with Crippen molar-refractivity contribution in [1.82, 2.24) is 5.16 Å². The molecule has 0 bridgehead atoms. The van der Waals surface area contributed by atoms with E-state index >= 15 is 0 Å². The molecule has 1 amide bonds. The van der Waals surface area contributed by atoms with Gasteiger partial charge in [-0.05, 0) is 23.6 Å². The number of aromatic carboxylic acids is 1. The third-order valence-corrected chi connectivity index (χ3v) is 3.52. The quantitative estimate of drug-likeness (QED) is 0.767. The van der Waals surface area contributed by atoms with Crippen molar-refractivity contribution in [2.75, 3.05) is 5.32 Å². The van der Waals surface area contributed by atoms with E-state index in [9.17, 15) is 9.59 Å². The molecule has 0 atom stereocenters. The first-order valence-electron chi connectivity index (χ1n) is 5.78. The molecule has 0 unspecified atom stereocenters. The highest BCUT2D eigenvalue weighted by Crippen LogP contribution is 2.24. The molecule has 3 heterocycles. The smallest absolute Gasteiger partial charge is 0.348 e. The van der Waals surface area contributed by atoms with E-state index < -0.39 is 11.9 Å². The van der Waals surface area contributed by atoms with Crippen LogP contribution in [-0.4, -0.2) is 22.1 Å². The molecule has 0 aliphatic carbocycles. The highest BCUT2D eigenvalue weighted by Gasteiger charge is 2.18. The van der Waals surface area contributed by atoms with Crippen LogP contribution < -0.4 is 5.32 Å². The minimum atomic E-state index is -1.10. The second-order valence-corrected chi connectivity index (χ2v) is 4.89. The molecule has 0 aliphatic rings. The summed E-state index contributed by atoms with van der Waals surface area (Å²) in [5.41, 5.74) is 0.254. The van der Waals surface area contributed by atoms with Crippen LogP contribution in [0.4, 0.5) is 5.69 Å². The van der Waals surface area contributed by atoms with Gasteiger partial charge in [-0.25, -0.2) is 4.79 Å². The number of carbonyl (C=O) groups is 2. The van der Waals surface area contributed by atoms with E-state index in [1.807, 2.05) is 0 Å². The average Bonchev–Trinajstić information content (AvgIpc) is 3.19. The predicted octanol–water partition coefficient (Wildman–Crippen LogP) is 2.95. The second kappa shape index (κ2) is 5.25. The third kappa shape index (κ3) is 2.56. The van der Waals surface area contributed by atoms with Crippen LogP contribution >= 0.6 is 11.3 Å². The van der Waals surface area contributed by atoms with Crippen LogP contribution in [0.15, 0.2) is 44.8 Å². The fourth-order valence-electron chi connectivity index (χ4n) is 1.68. The fourth-order valence-corrected chi connectivity index (χ4v) is 2.36. The Balaban J connectivity index is 1.80. The highest BCUT2D eigenvalue weighted by molar-refractivity contribution is 7.12. The van der Waals surface area contributed by atoms with Crippen molar-refractivity contribution in [3.8, 4) is 11.5 Å². The van der Waals surface area contributed by atoms with Crippen LogP contribution in [-0.2, 0) is 0 Å². The first-order valence-corrected chi connectivity index (χ1v) is 6.66. The van der Waals surface area contributed by atoms with E-state index in [0.29, 0.717) is 11.5 Å². The monoisotopic (exact) mass is 304 g/mol. The first-order chi connectivity index (χ1) is 10.1. The SMILES string of the molecule is O=C(Nc1ccsc1C(=O)O)c1cc(-c2ccco2)on1. The molecular formula is C13H8N2O5S. The standard InChI is InChI=1S/C13H8N2O5S/c16-12(14-7-3-5-21-11(7)13(17)18)8-6-10(20-15-8)9-2-1-4-19-9/h1-6H,(H,14,16)(H,17,18). The predicted molar refractivity (Wildman–Crippen MR) is 73.4 cm³/mol. The van der Waals surface area contributed by atoms with Crippen LogP contribution in [0.1, 0.15) is 20.2 Å². The normalized spacial score (nSPS) is 10.5. The molecule has 0 spiro atoms. The number of thiophene rings is 1. The van der Waals surface area contributed by atoms with Crippen molar-refractivity contribution in [2.24, 2.45) is 0 Å². The largest absolute Gasteiger partial charge is 0.477 e. The summed E-state index contributed by atoms with van der Waals surface area (Å²) >= 11 is 1.02. The van der Waals surface area contributed by atoms with E-state index in [2.05, 4.69) is 10.5 Å². The molecule has 7 nitrogen and oxygen atoms in total. The Hall–Kier alpha value is -2.87. The summed E-state index contributed by atoms with van der Waals surface area (Å²) in [6.45, 7) is 0. The van der Waals surface area contributed by atoms with Gasteiger partial charge in [0, 0.05) is 6.07 Å². The summed E-state index contributed by atoms with van der Waals surface area (Å²) in [7, 11) is 0. The summed E-state index contributed by atoms with van der Waals surface area (Å²) in [4.78, 5) is 23.0. The van der Waals surface area contributed by atoms with Crippen molar-refractivity contribution in [3.05, 3.63) is 46.5 Å². The highest BCUT2D eigenvalue weighted by atomic mass is 32.1. The summed E-state index contributed by atoms with van der Waals surface area (Å²) < 4.78 is 10.1. The van der Waals surface area contributed by atoms with Gasteiger partial charge in [0.15, 0.2) is 11.5 Å². The lowest BCUT2D eigenvalue weighted by Gasteiger charge is -2.00. The van der Waals surface area contributed by atoms with Crippen molar-refractivity contribution < 1.29 is 23.6 Å². The van der Waals surface area contributed by atoms with Gasteiger partial charge >= 0.3 is 5.97 Å². The zero-order valence-corrected chi connectivity index (χ0v) is 11.2. The lowest BCUT2D eigenvalue weighted by atomic mass is 10.3. The zero-order valence-electron chi connectivity index (χ0n) is 10.4. The number of carboxylic acid groups (broad SMARTS) is 1. The maximum absolute atomic E-state index is 12.0. The number of carboxylic acids is 1. The maximum atomic E-state index is 12.0. The summed E-state index contributed by atoms with van der Waals surface area (Å²) in [6.07, 6.45) is 1.47. The Bertz CT molecular complexity index is 787. The van der Waals surface area contributed by atoms with Crippen LogP contribution in [0.5, 0.6) is 0 Å². The van der Waals surface area contributed by atoms with Gasteiger partial charge in [0.1, 0.15) is 4.88 Å². The molecule has 8 heteroatoms. The number of hydrogen-bond acceptors (Lipinski definition) is 6. The van der Waals surface area contributed by atoms with Crippen LogP contribution in [0.3, 0.4) is 0 Å². The van der Waals surface area contributed by atoms with E-state index in [0.717, 1.165) is 11.3 Å². The van der Waals surface area contributed by atoms with Gasteiger partial charge in [-0.15, -0.1) is 11.3 Å². The lowest BCUT2D eigenvalue weighted by molar-refractivity contribution is 0.0703. The number of nitrogens with one attached hydrogen (secondary N) is 1. The number of furan rings is 1. The van der Waals surface area contributed by atoms with Crippen LogP contribution in [0.25, 0.3) is 11.5 Å². The number of aromatic nitrogens is 1. The van der Waals surface area contributed by atoms with Gasteiger partial charge in [0.05, 0.1) is 12.0 Å². The van der Waals surface area contributed by atoms with Crippen molar-refractivity contribution >= 4 is 28.9 Å². The fraction of sp³-hybridized carbons (Fsp3) is 0. The van der Waals surface area contributed by atoms with E-state index in [-0.39, 0.29) is 16.3 Å². The molecule has 0 aliphatic heterocycles. The summed E-state index contributed by atoms with van der Waals surface area (Å²) in [5, 5.41) is 16.7. The molecule has 3 aromatic rings. The van der Waals surface area contributed by atoms with Gasteiger partial charge in [0.2, 0.25) is 5.76 Å². The Kier molecular flexibility index (Phi) is 3.28. The van der Waals surface area contributed by atoms with Gasteiger partial charge in [-0.3, -0.25) is 4.79 Å². The van der Waals surface area contributed by atoms with E-state index in [1.54, 1.807) is 17.5 Å². The number of anilines is 1. The average molecular weight is 304 g/mol. The van der Waals surface area contributed by atoms with Crippen LogP contribution in [0, 0.1) is 0 Å². The van der Waals surface area contributed by atoms with E-state index in [1.165, 1.54) is 18.4 Å². The topological polar surface area (TPSA) is 106 Å². The first kappa shape index (κ1) is 13.1. The van der Waals surface area contributed by atoms with Gasteiger partial charge < -0.3 is 19.4 Å². The van der Waals surface area contributed by atoms with Gasteiger partial charge in [-0.2, -0.15) is 0 Å². The molecule has 0 saturated heterocycles. The molecular weight excluding hydrogens is 296 g/mol. The third-order valence-electron chi connectivity index (χ3n) is 2.61. The Morgan fingerprint density at radius 2 is 2.14 bits per heavy atom. The summed E-state index contributed by atoms with van der Waals surface area (Å²) in [6, 6.07) is 6.28. The molecule has 21 heavy (non-hydrogen) atoms. The maximum Gasteiger partial charge on any atom is 0.348 e. The van der Waals surface area contributed by atoms with Gasteiger partial charge in [0.25, 0.3) is 5.91 Å². The zero-order chi connectivity index (χ0) is 14.8. The Morgan fingerprint density at radius 1 is 1.29 bits per heavy atom. The Morgan fingerprint density at radius 3 is 2.86 bits per heavy atom. The van der Waals surface area contributed by atoms with Crippen molar-refractivity contribution in [3.63, 3.8) is 0 Å². The molecule has 0 radical (unpaired) electrons. The number of hydrogen-bond donors (Lipinski definition) is 2. The lowest BCUT2D eigenvalue weighted by Crippen LogP contribution is -2.13. The van der Waals surface area contributed by atoms with Crippen molar-refractivity contribution in [2.45, 2.75) is 0 Å². The van der Waals surface area contributed by atoms with Gasteiger partial charge in [-0.1, -0.05) is 5.16 Å². The second-order valence-electron chi connectivity index (χ2n) is 3.98. The molecule has 0 fully saturated rings. The van der Waals surface area contributed by atoms with Crippen LogP contribution in [0.2, 0.25) is 0 Å². The minimum Gasteiger partial charge on any atom is -0.477 e. The van der Waals surface area contributed by atoms with Crippen molar-refractivity contribution in [1.29, 1.82) is 0 Å². The number of nitrogens with zero attached hydrogens (tertiary/aromatic N) is 1. The number of carbonyl (C=O) groups excluding carboxylic acids is 1. The molecule has 2 N–H and O–H groups in total. The molecule has 106 valence electrons.